The van der Waals surface area contributed by atoms with E-state index in [1.165, 1.54) is 12.1 Å². The molecule has 0 spiro atoms. The van der Waals surface area contributed by atoms with Crippen molar-refractivity contribution in [1.82, 2.24) is 4.98 Å². The van der Waals surface area contributed by atoms with Gasteiger partial charge in [0.05, 0.1) is 11.1 Å². The van der Waals surface area contributed by atoms with Crippen LogP contribution in [0.25, 0.3) is 0 Å². The lowest BCUT2D eigenvalue weighted by Gasteiger charge is -2.10. The van der Waals surface area contributed by atoms with E-state index in [2.05, 4.69) is 11.6 Å². The van der Waals surface area contributed by atoms with Gasteiger partial charge >= 0.3 is 0 Å². The molecule has 0 bridgehead atoms. The number of nitriles is 1. The number of hydrogen-bond acceptors (Lipinski definition) is 5. The summed E-state index contributed by atoms with van der Waals surface area (Å²) in [6.07, 6.45) is 2.30. The average molecular weight is 316 g/mol. The number of allylic oxidation sites excluding steroid dienone is 1. The number of nitrogens with zero attached hydrogens (tertiary/aromatic N) is 2. The van der Waals surface area contributed by atoms with Gasteiger partial charge in [-0.15, -0.1) is 0 Å². The molecule has 0 aliphatic rings. The molecule has 0 fully saturated rings. The summed E-state index contributed by atoms with van der Waals surface area (Å²) in [5.41, 5.74) is 0.970. The summed E-state index contributed by atoms with van der Waals surface area (Å²) in [6, 6.07) is 8.02. The van der Waals surface area contributed by atoms with E-state index >= 15 is 0 Å². The molecule has 1 unspecified atom stereocenters. The number of aromatic nitrogens is 1. The largest absolute Gasteiger partial charge is 0.446 e. The van der Waals surface area contributed by atoms with E-state index in [0.717, 1.165) is 11.3 Å². The van der Waals surface area contributed by atoms with E-state index in [1.54, 1.807) is 24.4 Å². The maximum absolute atomic E-state index is 12.0. The SMILES string of the molecule is C=C(C#N)S(=O)(=O)c1ccc(C(C)Cc2ncc(C)o2)cc1. The van der Waals surface area contributed by atoms with Crippen LogP contribution in [0.15, 0.2) is 51.3 Å². The number of benzene rings is 1. The number of sulfone groups is 1. The zero-order valence-electron chi connectivity index (χ0n) is 12.4. The third kappa shape index (κ3) is 3.26. The monoisotopic (exact) mass is 316 g/mol. The molecule has 5 nitrogen and oxygen atoms in total. The molecule has 0 amide bonds. The van der Waals surface area contributed by atoms with E-state index in [9.17, 15) is 8.42 Å². The molecule has 1 atom stereocenters. The number of rotatable bonds is 5. The first-order valence-electron chi connectivity index (χ1n) is 6.70. The second-order valence-electron chi connectivity index (χ2n) is 5.08. The van der Waals surface area contributed by atoms with Crippen molar-refractivity contribution in [1.29, 1.82) is 5.26 Å². The fourth-order valence-electron chi connectivity index (χ4n) is 2.05. The summed E-state index contributed by atoms with van der Waals surface area (Å²) in [5.74, 6) is 1.55. The third-order valence-corrected chi connectivity index (χ3v) is 4.99. The van der Waals surface area contributed by atoms with Gasteiger partial charge in [0, 0.05) is 6.42 Å². The standard InChI is InChI=1S/C16H16N2O3S/c1-11(8-16-18-10-12(2)21-16)14-4-6-15(7-5-14)22(19,20)13(3)9-17/h4-7,10-11H,3,8H2,1-2H3. The fourth-order valence-corrected chi connectivity index (χ4v) is 2.95. The Balaban J connectivity index is 2.18. The van der Waals surface area contributed by atoms with Crippen molar-refractivity contribution in [3.8, 4) is 6.07 Å². The van der Waals surface area contributed by atoms with Crippen LogP contribution in [-0.2, 0) is 16.3 Å². The average Bonchev–Trinajstić information content (AvgIpc) is 2.91. The molecule has 1 heterocycles. The minimum atomic E-state index is -3.77. The van der Waals surface area contributed by atoms with Gasteiger partial charge in [-0.1, -0.05) is 25.6 Å². The van der Waals surface area contributed by atoms with Crippen molar-refractivity contribution in [2.75, 3.05) is 0 Å². The summed E-state index contributed by atoms with van der Waals surface area (Å²) < 4.78 is 29.4. The van der Waals surface area contributed by atoms with Gasteiger partial charge in [-0.25, -0.2) is 13.4 Å². The van der Waals surface area contributed by atoms with Crippen molar-refractivity contribution in [2.24, 2.45) is 0 Å². The molecular formula is C16H16N2O3S. The molecule has 2 aromatic rings. The highest BCUT2D eigenvalue weighted by atomic mass is 32.2. The molecule has 1 aromatic heterocycles. The molecule has 2 rings (SSSR count). The van der Waals surface area contributed by atoms with Crippen LogP contribution in [0.1, 0.15) is 30.1 Å². The zero-order chi connectivity index (χ0) is 16.3. The fraction of sp³-hybridized carbons (Fsp3) is 0.250. The lowest BCUT2D eigenvalue weighted by Crippen LogP contribution is -2.04. The van der Waals surface area contributed by atoms with Gasteiger partial charge in [0.25, 0.3) is 0 Å². The molecule has 0 aliphatic heterocycles. The first-order chi connectivity index (χ1) is 10.3. The van der Waals surface area contributed by atoms with Gasteiger partial charge in [-0.3, -0.25) is 0 Å². The van der Waals surface area contributed by atoms with Gasteiger partial charge in [0.2, 0.25) is 9.84 Å². The Morgan fingerprint density at radius 1 is 1.41 bits per heavy atom. The normalized spacial score (nSPS) is 12.6. The predicted molar refractivity (Wildman–Crippen MR) is 81.7 cm³/mol. The highest BCUT2D eigenvalue weighted by molar-refractivity contribution is 7.95. The lowest BCUT2D eigenvalue weighted by molar-refractivity contribution is 0.457. The van der Waals surface area contributed by atoms with Crippen LogP contribution in [-0.4, -0.2) is 13.4 Å². The van der Waals surface area contributed by atoms with Crippen molar-refractivity contribution >= 4 is 9.84 Å². The Kier molecular flexibility index (Phi) is 4.48. The summed E-state index contributed by atoms with van der Waals surface area (Å²) >= 11 is 0. The smallest absolute Gasteiger partial charge is 0.216 e. The molecule has 0 N–H and O–H groups in total. The first-order valence-corrected chi connectivity index (χ1v) is 8.18. The van der Waals surface area contributed by atoms with E-state index in [-0.39, 0.29) is 10.8 Å². The van der Waals surface area contributed by atoms with Crippen LogP contribution >= 0.6 is 0 Å². The summed E-state index contributed by atoms with van der Waals surface area (Å²) in [7, 11) is -3.77. The van der Waals surface area contributed by atoms with Gasteiger partial charge in [-0.05, 0) is 30.5 Å². The van der Waals surface area contributed by atoms with Gasteiger partial charge in [0.1, 0.15) is 16.7 Å². The Labute approximate surface area is 129 Å². The molecule has 6 heteroatoms. The molecular weight excluding hydrogens is 300 g/mol. The predicted octanol–water partition coefficient (Wildman–Crippen LogP) is 3.14. The third-order valence-electron chi connectivity index (χ3n) is 3.36. The Morgan fingerprint density at radius 2 is 2.05 bits per heavy atom. The van der Waals surface area contributed by atoms with E-state index in [4.69, 9.17) is 9.68 Å². The van der Waals surface area contributed by atoms with Gasteiger partial charge in [0.15, 0.2) is 5.89 Å². The van der Waals surface area contributed by atoms with Crippen molar-refractivity contribution in [3.05, 3.63) is 59.2 Å². The minimum absolute atomic E-state index is 0.0713. The Bertz CT molecular complexity index is 827. The van der Waals surface area contributed by atoms with Crippen LogP contribution in [0.3, 0.4) is 0 Å². The van der Waals surface area contributed by atoms with Crippen molar-refractivity contribution < 1.29 is 12.8 Å². The molecule has 0 saturated heterocycles. The van der Waals surface area contributed by atoms with E-state index < -0.39 is 14.7 Å². The van der Waals surface area contributed by atoms with Crippen LogP contribution in [0.2, 0.25) is 0 Å². The molecule has 0 saturated carbocycles. The number of hydrogen-bond donors (Lipinski definition) is 0. The molecule has 1 aromatic carbocycles. The second kappa shape index (κ2) is 6.16. The number of oxazole rings is 1. The lowest BCUT2D eigenvalue weighted by atomic mass is 9.98. The second-order valence-corrected chi connectivity index (χ2v) is 7.05. The minimum Gasteiger partial charge on any atom is -0.446 e. The zero-order valence-corrected chi connectivity index (χ0v) is 13.2. The van der Waals surface area contributed by atoms with E-state index in [1.807, 2.05) is 13.8 Å². The summed E-state index contributed by atoms with van der Waals surface area (Å²) in [6.45, 7) is 7.11. The van der Waals surface area contributed by atoms with Crippen LogP contribution in [0.4, 0.5) is 0 Å². The van der Waals surface area contributed by atoms with Crippen LogP contribution in [0, 0.1) is 18.3 Å². The molecule has 0 aliphatic carbocycles. The Hall–Kier alpha value is -2.39. The number of aryl methyl sites for hydroxylation is 1. The van der Waals surface area contributed by atoms with Crippen LogP contribution < -0.4 is 0 Å². The maximum atomic E-state index is 12.0. The summed E-state index contributed by atoms with van der Waals surface area (Å²) in [4.78, 5) is 3.78. The van der Waals surface area contributed by atoms with Crippen LogP contribution in [0.5, 0.6) is 0 Å². The molecule has 22 heavy (non-hydrogen) atoms. The molecule has 114 valence electrons. The van der Waals surface area contributed by atoms with Crippen molar-refractivity contribution in [2.45, 2.75) is 31.1 Å². The highest BCUT2D eigenvalue weighted by Gasteiger charge is 2.19. The first kappa shape index (κ1) is 16.0. The quantitative estimate of drug-likeness (QED) is 0.791. The Morgan fingerprint density at radius 3 is 2.55 bits per heavy atom. The maximum Gasteiger partial charge on any atom is 0.216 e. The van der Waals surface area contributed by atoms with Gasteiger partial charge in [-0.2, -0.15) is 5.26 Å². The van der Waals surface area contributed by atoms with Crippen molar-refractivity contribution in [3.63, 3.8) is 0 Å². The topological polar surface area (TPSA) is 84.0 Å². The van der Waals surface area contributed by atoms with E-state index in [0.29, 0.717) is 12.3 Å². The molecule has 0 radical (unpaired) electrons. The summed E-state index contributed by atoms with van der Waals surface area (Å²) in [5, 5.41) is 8.69. The highest BCUT2D eigenvalue weighted by Crippen LogP contribution is 2.24. The van der Waals surface area contributed by atoms with Gasteiger partial charge < -0.3 is 4.42 Å².